The second-order valence-electron chi connectivity index (χ2n) is 5.16. The Balaban J connectivity index is 1.64. The van der Waals surface area contributed by atoms with Gasteiger partial charge in [-0.1, -0.05) is 12.8 Å². The van der Waals surface area contributed by atoms with Gasteiger partial charge in [-0.15, -0.1) is 0 Å². The first kappa shape index (κ1) is 12.6. The number of rotatable bonds is 5. The van der Waals surface area contributed by atoms with E-state index in [1.54, 1.807) is 0 Å². The molecule has 0 unspecified atom stereocenters. The van der Waals surface area contributed by atoms with Crippen molar-refractivity contribution in [3.63, 3.8) is 0 Å². The Hall–Kier alpha value is -0.830. The van der Waals surface area contributed by atoms with Gasteiger partial charge in [0.25, 0.3) is 0 Å². The molecule has 0 bridgehead atoms. The van der Waals surface area contributed by atoms with Crippen LogP contribution in [0.25, 0.3) is 0 Å². The van der Waals surface area contributed by atoms with E-state index in [2.05, 4.69) is 23.4 Å². The molecular formula is C14H24N2O. The molecule has 3 nitrogen and oxygen atoms in total. The number of hydrogen-bond donors (Lipinski definition) is 0. The lowest BCUT2D eigenvalue weighted by molar-refractivity contribution is 0.0630. The van der Waals surface area contributed by atoms with Gasteiger partial charge in [-0.3, -0.25) is 0 Å². The quantitative estimate of drug-likeness (QED) is 0.735. The Bertz CT molecular complexity index is 340. The molecule has 1 aromatic rings. The lowest BCUT2D eigenvalue weighted by atomic mass is 9.94. The molecular weight excluding hydrogens is 212 g/mol. The molecule has 1 aromatic heterocycles. The van der Waals surface area contributed by atoms with Crippen molar-refractivity contribution in [2.75, 3.05) is 13.2 Å². The van der Waals surface area contributed by atoms with Crippen molar-refractivity contribution in [2.45, 2.75) is 52.5 Å². The molecule has 3 heteroatoms. The second-order valence-corrected chi connectivity index (χ2v) is 5.16. The Morgan fingerprint density at radius 3 is 2.71 bits per heavy atom. The van der Waals surface area contributed by atoms with Crippen molar-refractivity contribution in [3.8, 4) is 0 Å². The number of unbranched alkanes of at least 4 members (excludes halogenated alkanes) is 1. The minimum Gasteiger partial charge on any atom is -0.381 e. The first-order valence-corrected chi connectivity index (χ1v) is 6.83. The van der Waals surface area contributed by atoms with Crippen LogP contribution in [0.1, 0.15) is 43.5 Å². The number of aromatic nitrogens is 2. The van der Waals surface area contributed by atoms with E-state index < -0.39 is 0 Å². The van der Waals surface area contributed by atoms with Crippen molar-refractivity contribution in [3.05, 3.63) is 17.7 Å². The maximum atomic E-state index is 5.38. The second kappa shape index (κ2) is 6.20. The Morgan fingerprint density at radius 2 is 2.06 bits per heavy atom. The summed E-state index contributed by atoms with van der Waals surface area (Å²) in [7, 11) is 0. The van der Waals surface area contributed by atoms with Crippen LogP contribution in [0.3, 0.4) is 0 Å². The third-order valence-electron chi connectivity index (χ3n) is 3.95. The lowest BCUT2D eigenvalue weighted by Crippen LogP contribution is -2.15. The van der Waals surface area contributed by atoms with Crippen molar-refractivity contribution in [2.24, 2.45) is 5.92 Å². The summed E-state index contributed by atoms with van der Waals surface area (Å²) in [6.07, 6.45) is 8.48. The molecule has 1 aliphatic heterocycles. The Morgan fingerprint density at radius 1 is 1.29 bits per heavy atom. The van der Waals surface area contributed by atoms with E-state index in [4.69, 9.17) is 4.74 Å². The molecule has 0 N–H and O–H groups in total. The predicted molar refractivity (Wildman–Crippen MR) is 69.1 cm³/mol. The molecule has 1 saturated heterocycles. The van der Waals surface area contributed by atoms with Gasteiger partial charge in [-0.25, -0.2) is 4.98 Å². The highest BCUT2D eigenvalue weighted by molar-refractivity contribution is 5.08. The Kier molecular flexibility index (Phi) is 4.60. The van der Waals surface area contributed by atoms with Crippen LogP contribution in [0.5, 0.6) is 0 Å². The molecule has 1 fully saturated rings. The third-order valence-corrected chi connectivity index (χ3v) is 3.95. The average molecular weight is 236 g/mol. The largest absolute Gasteiger partial charge is 0.381 e. The van der Waals surface area contributed by atoms with Gasteiger partial charge in [-0.2, -0.15) is 0 Å². The summed E-state index contributed by atoms with van der Waals surface area (Å²) in [6, 6.07) is 0. The number of hydrogen-bond acceptors (Lipinski definition) is 2. The summed E-state index contributed by atoms with van der Waals surface area (Å²) in [4.78, 5) is 4.33. The minimum absolute atomic E-state index is 0.911. The number of ether oxygens (including phenoxy) is 1. The first-order chi connectivity index (χ1) is 8.27. The fourth-order valence-corrected chi connectivity index (χ4v) is 2.52. The third kappa shape index (κ3) is 3.56. The normalized spacial score (nSPS) is 17.5. The molecule has 17 heavy (non-hydrogen) atoms. The fourth-order valence-electron chi connectivity index (χ4n) is 2.52. The van der Waals surface area contributed by atoms with E-state index in [9.17, 15) is 0 Å². The number of aryl methyl sites for hydroxylation is 2. The van der Waals surface area contributed by atoms with Crippen molar-refractivity contribution < 1.29 is 4.74 Å². The van der Waals surface area contributed by atoms with Gasteiger partial charge in [0.05, 0.1) is 12.0 Å². The monoisotopic (exact) mass is 236 g/mol. The summed E-state index contributed by atoms with van der Waals surface area (Å²) in [5, 5.41) is 0. The highest BCUT2D eigenvalue weighted by Crippen LogP contribution is 2.21. The molecule has 96 valence electrons. The van der Waals surface area contributed by atoms with Gasteiger partial charge in [0.2, 0.25) is 0 Å². The highest BCUT2D eigenvalue weighted by atomic mass is 16.5. The molecule has 0 atom stereocenters. The number of imidazole rings is 1. The van der Waals surface area contributed by atoms with E-state index in [1.165, 1.54) is 37.8 Å². The standard InChI is InChI=1S/C14H24N2O/c1-12-13(2)16(11-15-12)8-4-3-5-14-6-9-17-10-7-14/h11,14H,3-10H2,1-2H3. The van der Waals surface area contributed by atoms with Crippen LogP contribution in [0.15, 0.2) is 6.33 Å². The average Bonchev–Trinajstić information content (AvgIpc) is 2.67. The maximum Gasteiger partial charge on any atom is 0.0951 e. The van der Waals surface area contributed by atoms with Gasteiger partial charge < -0.3 is 9.30 Å². The summed E-state index contributed by atoms with van der Waals surface area (Å²) >= 11 is 0. The molecule has 2 rings (SSSR count). The van der Waals surface area contributed by atoms with Crippen LogP contribution < -0.4 is 0 Å². The number of nitrogens with zero attached hydrogens (tertiary/aromatic N) is 2. The zero-order chi connectivity index (χ0) is 12.1. The molecule has 0 aliphatic carbocycles. The van der Waals surface area contributed by atoms with Gasteiger partial charge >= 0.3 is 0 Å². The van der Waals surface area contributed by atoms with E-state index in [0.717, 1.165) is 31.4 Å². The minimum atomic E-state index is 0.911. The van der Waals surface area contributed by atoms with Crippen LogP contribution in [0, 0.1) is 19.8 Å². The predicted octanol–water partition coefficient (Wildman–Crippen LogP) is 3.10. The van der Waals surface area contributed by atoms with Crippen LogP contribution in [-0.2, 0) is 11.3 Å². The molecule has 0 radical (unpaired) electrons. The van der Waals surface area contributed by atoms with Gasteiger partial charge in [0.1, 0.15) is 0 Å². The van der Waals surface area contributed by atoms with E-state index in [1.807, 2.05) is 6.33 Å². The van der Waals surface area contributed by atoms with Crippen LogP contribution in [0.2, 0.25) is 0 Å². The Labute approximate surface area is 104 Å². The lowest BCUT2D eigenvalue weighted by Gasteiger charge is -2.21. The zero-order valence-corrected chi connectivity index (χ0v) is 11.1. The summed E-state index contributed by atoms with van der Waals surface area (Å²) in [5.74, 6) is 0.911. The molecule has 0 saturated carbocycles. The summed E-state index contributed by atoms with van der Waals surface area (Å²) < 4.78 is 7.66. The fraction of sp³-hybridized carbons (Fsp3) is 0.786. The van der Waals surface area contributed by atoms with Gasteiger partial charge in [0.15, 0.2) is 0 Å². The molecule has 1 aliphatic rings. The van der Waals surface area contributed by atoms with Crippen LogP contribution in [-0.4, -0.2) is 22.8 Å². The van der Waals surface area contributed by atoms with Crippen molar-refractivity contribution in [1.29, 1.82) is 0 Å². The van der Waals surface area contributed by atoms with E-state index in [0.29, 0.717) is 0 Å². The molecule has 0 spiro atoms. The summed E-state index contributed by atoms with van der Waals surface area (Å²) in [5.41, 5.74) is 2.48. The smallest absolute Gasteiger partial charge is 0.0951 e. The van der Waals surface area contributed by atoms with Crippen LogP contribution in [0.4, 0.5) is 0 Å². The van der Waals surface area contributed by atoms with Gasteiger partial charge in [-0.05, 0) is 39.0 Å². The van der Waals surface area contributed by atoms with E-state index >= 15 is 0 Å². The molecule has 0 amide bonds. The molecule has 0 aromatic carbocycles. The van der Waals surface area contributed by atoms with Crippen molar-refractivity contribution >= 4 is 0 Å². The van der Waals surface area contributed by atoms with Crippen molar-refractivity contribution in [1.82, 2.24) is 9.55 Å². The topological polar surface area (TPSA) is 27.1 Å². The first-order valence-electron chi connectivity index (χ1n) is 6.83. The zero-order valence-electron chi connectivity index (χ0n) is 11.1. The molecule has 2 heterocycles. The highest BCUT2D eigenvalue weighted by Gasteiger charge is 2.12. The maximum absolute atomic E-state index is 5.38. The van der Waals surface area contributed by atoms with E-state index in [-0.39, 0.29) is 0 Å². The SMILES string of the molecule is Cc1ncn(CCCCC2CCOCC2)c1C. The van der Waals surface area contributed by atoms with Crippen LogP contribution >= 0.6 is 0 Å². The van der Waals surface area contributed by atoms with Gasteiger partial charge in [0, 0.05) is 25.5 Å². The summed E-state index contributed by atoms with van der Waals surface area (Å²) in [6.45, 7) is 7.31.